The number of amides is 2. The second-order valence-corrected chi connectivity index (χ2v) is 7.23. The molecule has 0 spiro atoms. The van der Waals surface area contributed by atoms with Crippen molar-refractivity contribution in [2.24, 2.45) is 0 Å². The molecule has 3 rings (SSSR count). The van der Waals surface area contributed by atoms with Gasteiger partial charge in [0.1, 0.15) is 0 Å². The average molecular weight is 420 g/mol. The third kappa shape index (κ3) is 5.47. The Bertz CT molecular complexity index is 822. The van der Waals surface area contributed by atoms with Gasteiger partial charge in [0, 0.05) is 31.4 Å². The lowest BCUT2D eigenvalue weighted by Gasteiger charge is -2.34. The Balaban J connectivity index is 1.60. The molecule has 2 heterocycles. The Labute approximate surface area is 173 Å². The van der Waals surface area contributed by atoms with Crippen LogP contribution in [0.5, 0.6) is 11.5 Å². The molecule has 1 saturated heterocycles. The SMILES string of the molecule is COc1ccc(NC(=O)C(=O)NC[C@H](c2ccsc2)N2CCOCC2)cc1OC. The van der Waals surface area contributed by atoms with E-state index in [2.05, 4.69) is 20.9 Å². The second kappa shape index (κ2) is 10.2. The number of anilines is 1. The number of ether oxygens (including phenoxy) is 3. The van der Waals surface area contributed by atoms with Crippen LogP contribution in [0.4, 0.5) is 5.69 Å². The van der Waals surface area contributed by atoms with Crippen LogP contribution >= 0.6 is 11.3 Å². The van der Waals surface area contributed by atoms with Crippen LogP contribution < -0.4 is 20.1 Å². The van der Waals surface area contributed by atoms with Gasteiger partial charge < -0.3 is 24.8 Å². The first-order chi connectivity index (χ1) is 14.1. The Morgan fingerprint density at radius 3 is 2.55 bits per heavy atom. The van der Waals surface area contributed by atoms with E-state index in [-0.39, 0.29) is 6.04 Å². The monoisotopic (exact) mass is 419 g/mol. The zero-order valence-electron chi connectivity index (χ0n) is 16.5. The molecule has 0 saturated carbocycles. The maximum absolute atomic E-state index is 12.4. The zero-order valence-corrected chi connectivity index (χ0v) is 17.3. The van der Waals surface area contributed by atoms with Crippen molar-refractivity contribution in [3.63, 3.8) is 0 Å². The Morgan fingerprint density at radius 1 is 1.14 bits per heavy atom. The molecule has 1 aliphatic rings. The predicted octanol–water partition coefficient (Wildman–Crippen LogP) is 1.89. The van der Waals surface area contributed by atoms with Crippen molar-refractivity contribution >= 4 is 28.8 Å². The van der Waals surface area contributed by atoms with E-state index >= 15 is 0 Å². The summed E-state index contributed by atoms with van der Waals surface area (Å²) in [5.41, 5.74) is 1.57. The molecule has 1 aromatic heterocycles. The fourth-order valence-electron chi connectivity index (χ4n) is 3.18. The second-order valence-electron chi connectivity index (χ2n) is 6.45. The van der Waals surface area contributed by atoms with E-state index in [9.17, 15) is 9.59 Å². The number of nitrogens with zero attached hydrogens (tertiary/aromatic N) is 1. The fourth-order valence-corrected chi connectivity index (χ4v) is 3.89. The molecule has 1 aromatic carbocycles. The van der Waals surface area contributed by atoms with Crippen molar-refractivity contribution in [3.8, 4) is 11.5 Å². The van der Waals surface area contributed by atoms with Crippen LogP contribution in [0.3, 0.4) is 0 Å². The van der Waals surface area contributed by atoms with Gasteiger partial charge in [-0.15, -0.1) is 0 Å². The minimum Gasteiger partial charge on any atom is -0.493 e. The molecule has 0 bridgehead atoms. The lowest BCUT2D eigenvalue weighted by atomic mass is 10.1. The third-order valence-electron chi connectivity index (χ3n) is 4.72. The quantitative estimate of drug-likeness (QED) is 0.667. The summed E-state index contributed by atoms with van der Waals surface area (Å²) >= 11 is 1.61. The number of hydrogen-bond acceptors (Lipinski definition) is 7. The van der Waals surface area contributed by atoms with Crippen LogP contribution in [-0.2, 0) is 14.3 Å². The lowest BCUT2D eigenvalue weighted by Crippen LogP contribution is -2.45. The highest BCUT2D eigenvalue weighted by atomic mass is 32.1. The molecule has 8 nitrogen and oxygen atoms in total. The maximum atomic E-state index is 12.4. The van der Waals surface area contributed by atoms with E-state index in [4.69, 9.17) is 14.2 Å². The lowest BCUT2D eigenvalue weighted by molar-refractivity contribution is -0.136. The van der Waals surface area contributed by atoms with Gasteiger partial charge in [-0.3, -0.25) is 14.5 Å². The summed E-state index contributed by atoms with van der Waals surface area (Å²) in [4.78, 5) is 26.9. The number of hydrogen-bond donors (Lipinski definition) is 2. The van der Waals surface area contributed by atoms with Crippen LogP contribution in [-0.4, -0.2) is 63.8 Å². The van der Waals surface area contributed by atoms with Crippen LogP contribution in [0.2, 0.25) is 0 Å². The van der Waals surface area contributed by atoms with E-state index in [1.165, 1.54) is 14.2 Å². The zero-order chi connectivity index (χ0) is 20.6. The summed E-state index contributed by atoms with van der Waals surface area (Å²) in [5, 5.41) is 9.42. The number of benzene rings is 1. The van der Waals surface area contributed by atoms with Crippen LogP contribution in [0.25, 0.3) is 0 Å². The molecule has 29 heavy (non-hydrogen) atoms. The van der Waals surface area contributed by atoms with Gasteiger partial charge in [0.05, 0.1) is 33.5 Å². The molecular weight excluding hydrogens is 394 g/mol. The molecule has 0 unspecified atom stereocenters. The van der Waals surface area contributed by atoms with Gasteiger partial charge in [0.25, 0.3) is 0 Å². The molecule has 1 atom stereocenters. The first kappa shape index (κ1) is 21.1. The van der Waals surface area contributed by atoms with Crippen molar-refractivity contribution in [3.05, 3.63) is 40.6 Å². The van der Waals surface area contributed by atoms with Crippen molar-refractivity contribution in [1.29, 1.82) is 0 Å². The van der Waals surface area contributed by atoms with Crippen LogP contribution in [0.15, 0.2) is 35.0 Å². The van der Waals surface area contributed by atoms with E-state index in [0.717, 1.165) is 18.7 Å². The van der Waals surface area contributed by atoms with Gasteiger partial charge in [-0.05, 0) is 34.5 Å². The number of nitrogens with one attached hydrogen (secondary N) is 2. The molecule has 156 valence electrons. The highest BCUT2D eigenvalue weighted by Gasteiger charge is 2.25. The molecule has 0 aliphatic carbocycles. The largest absolute Gasteiger partial charge is 0.493 e. The number of thiophene rings is 1. The van der Waals surface area contributed by atoms with Crippen molar-refractivity contribution in [2.75, 3.05) is 52.4 Å². The van der Waals surface area contributed by atoms with Crippen molar-refractivity contribution < 1.29 is 23.8 Å². The smallest absolute Gasteiger partial charge is 0.313 e. The normalized spacial score (nSPS) is 15.4. The summed E-state index contributed by atoms with van der Waals surface area (Å²) in [6.45, 7) is 3.24. The van der Waals surface area contributed by atoms with E-state index in [1.54, 1.807) is 29.5 Å². The summed E-state index contributed by atoms with van der Waals surface area (Å²) < 4.78 is 15.8. The number of carbonyl (C=O) groups excluding carboxylic acids is 2. The van der Waals surface area contributed by atoms with Gasteiger partial charge >= 0.3 is 11.8 Å². The topological polar surface area (TPSA) is 89.1 Å². The van der Waals surface area contributed by atoms with Gasteiger partial charge in [-0.25, -0.2) is 0 Å². The van der Waals surface area contributed by atoms with Gasteiger partial charge in [0.15, 0.2) is 11.5 Å². The first-order valence-electron chi connectivity index (χ1n) is 9.27. The summed E-state index contributed by atoms with van der Waals surface area (Å²) in [5.74, 6) is -0.411. The molecule has 1 fully saturated rings. The van der Waals surface area contributed by atoms with E-state index in [1.807, 2.05) is 11.4 Å². The van der Waals surface area contributed by atoms with E-state index < -0.39 is 11.8 Å². The van der Waals surface area contributed by atoms with Crippen molar-refractivity contribution in [2.45, 2.75) is 6.04 Å². The number of carbonyl (C=O) groups is 2. The first-order valence-corrected chi connectivity index (χ1v) is 10.2. The minimum atomic E-state index is -0.733. The fraction of sp³-hybridized carbons (Fsp3) is 0.400. The minimum absolute atomic E-state index is 0.00276. The molecular formula is C20H25N3O5S. The van der Waals surface area contributed by atoms with Gasteiger partial charge in [0.2, 0.25) is 0 Å². The average Bonchev–Trinajstić information content (AvgIpc) is 3.29. The summed E-state index contributed by atoms with van der Waals surface area (Å²) in [6.07, 6.45) is 0. The highest BCUT2D eigenvalue weighted by Crippen LogP contribution is 2.29. The summed E-state index contributed by atoms with van der Waals surface area (Å²) in [7, 11) is 3.04. The van der Waals surface area contributed by atoms with Gasteiger partial charge in [-0.2, -0.15) is 11.3 Å². The van der Waals surface area contributed by atoms with E-state index in [0.29, 0.717) is 36.9 Å². The Kier molecular flexibility index (Phi) is 7.45. The standard InChI is InChI=1S/C20H25N3O5S/c1-26-17-4-3-15(11-18(17)27-2)22-20(25)19(24)21-12-16(14-5-10-29-13-14)23-6-8-28-9-7-23/h3-5,10-11,13,16H,6-9,12H2,1-2H3,(H,21,24)(H,22,25)/t16-/m1/s1. The van der Waals surface area contributed by atoms with Gasteiger partial charge in [-0.1, -0.05) is 0 Å². The number of rotatable bonds is 7. The number of methoxy groups -OCH3 is 2. The Hall–Kier alpha value is -2.62. The molecule has 0 radical (unpaired) electrons. The van der Waals surface area contributed by atoms with Crippen LogP contribution in [0.1, 0.15) is 11.6 Å². The highest BCUT2D eigenvalue weighted by molar-refractivity contribution is 7.08. The maximum Gasteiger partial charge on any atom is 0.313 e. The molecule has 2 aromatic rings. The number of morpholine rings is 1. The molecule has 2 N–H and O–H groups in total. The third-order valence-corrected chi connectivity index (χ3v) is 5.42. The molecule has 1 aliphatic heterocycles. The predicted molar refractivity (Wildman–Crippen MR) is 111 cm³/mol. The molecule has 2 amide bonds. The van der Waals surface area contributed by atoms with Crippen LogP contribution in [0, 0.1) is 0 Å². The van der Waals surface area contributed by atoms with Crippen molar-refractivity contribution in [1.82, 2.24) is 10.2 Å². The Morgan fingerprint density at radius 2 is 1.90 bits per heavy atom. The molecule has 9 heteroatoms. The summed E-state index contributed by atoms with van der Waals surface area (Å²) in [6, 6.07) is 6.96.